The molecule has 0 spiro atoms. The van der Waals surface area contributed by atoms with Gasteiger partial charge in [-0.3, -0.25) is 0 Å². The van der Waals surface area contributed by atoms with Crippen molar-refractivity contribution in [1.82, 2.24) is 14.9 Å². The topological polar surface area (TPSA) is 85.1 Å². The summed E-state index contributed by atoms with van der Waals surface area (Å²) >= 11 is 0. The minimum atomic E-state index is -3.19. The van der Waals surface area contributed by atoms with Crippen LogP contribution in [0.4, 0.5) is 0 Å². The Bertz CT molecular complexity index is 638. The van der Waals surface area contributed by atoms with Crippen LogP contribution in [0.2, 0.25) is 0 Å². The van der Waals surface area contributed by atoms with Crippen LogP contribution in [0, 0.1) is 0 Å². The van der Waals surface area contributed by atoms with Crippen molar-refractivity contribution in [2.75, 3.05) is 12.3 Å². The molecule has 0 aliphatic heterocycles. The van der Waals surface area contributed by atoms with Gasteiger partial charge in [-0.05, 0) is 18.6 Å². The van der Waals surface area contributed by atoms with Crippen LogP contribution < -0.4 is 4.72 Å². The molecule has 1 N–H and O–H groups in total. The molecule has 2 rings (SSSR count). The predicted molar refractivity (Wildman–Crippen MR) is 75.5 cm³/mol. The van der Waals surface area contributed by atoms with Crippen LogP contribution in [-0.4, -0.2) is 30.9 Å². The smallest absolute Gasteiger partial charge is 0.247 e. The highest BCUT2D eigenvalue weighted by molar-refractivity contribution is 7.89. The van der Waals surface area contributed by atoms with E-state index in [1.807, 2.05) is 37.3 Å². The first-order chi connectivity index (χ1) is 9.61. The van der Waals surface area contributed by atoms with Gasteiger partial charge in [0.1, 0.15) is 0 Å². The summed E-state index contributed by atoms with van der Waals surface area (Å²) in [7, 11) is -3.19. The molecule has 1 heterocycles. The Kier molecular flexibility index (Phi) is 4.86. The number of benzene rings is 1. The van der Waals surface area contributed by atoms with E-state index < -0.39 is 10.0 Å². The second-order valence-corrected chi connectivity index (χ2v) is 6.26. The highest BCUT2D eigenvalue weighted by Gasteiger charge is 2.11. The van der Waals surface area contributed by atoms with Crippen LogP contribution in [0.1, 0.15) is 19.2 Å². The highest BCUT2D eigenvalue weighted by Crippen LogP contribution is 2.16. The van der Waals surface area contributed by atoms with Crippen molar-refractivity contribution < 1.29 is 12.8 Å². The SMILES string of the molecule is CCCS(=O)(=O)NCCc1nnc(-c2ccccc2)o1. The molecule has 0 atom stereocenters. The van der Waals surface area contributed by atoms with Crippen LogP contribution in [0.3, 0.4) is 0 Å². The van der Waals surface area contributed by atoms with Crippen LogP contribution >= 0.6 is 0 Å². The molecule has 1 aromatic carbocycles. The predicted octanol–water partition coefficient (Wildman–Crippen LogP) is 1.61. The van der Waals surface area contributed by atoms with Crippen molar-refractivity contribution in [3.63, 3.8) is 0 Å². The summed E-state index contributed by atoms with van der Waals surface area (Å²) in [6, 6.07) is 9.43. The van der Waals surface area contributed by atoms with E-state index in [4.69, 9.17) is 4.42 Å². The molecular formula is C13H17N3O3S. The first kappa shape index (κ1) is 14.7. The van der Waals surface area contributed by atoms with Gasteiger partial charge in [-0.15, -0.1) is 10.2 Å². The summed E-state index contributed by atoms with van der Waals surface area (Å²) in [5.41, 5.74) is 0.845. The number of nitrogens with one attached hydrogen (secondary N) is 1. The van der Waals surface area contributed by atoms with Gasteiger partial charge in [0, 0.05) is 18.5 Å². The lowest BCUT2D eigenvalue weighted by atomic mass is 10.2. The Morgan fingerprint density at radius 1 is 1.20 bits per heavy atom. The van der Waals surface area contributed by atoms with E-state index in [2.05, 4.69) is 14.9 Å². The van der Waals surface area contributed by atoms with Crippen molar-refractivity contribution in [2.45, 2.75) is 19.8 Å². The number of hydrogen-bond donors (Lipinski definition) is 1. The molecule has 0 radical (unpaired) electrons. The number of sulfonamides is 1. The standard InChI is InChI=1S/C13H17N3O3S/c1-2-10-20(17,18)14-9-8-12-15-16-13(19-12)11-6-4-3-5-7-11/h3-7,14H,2,8-10H2,1H3. The van der Waals surface area contributed by atoms with Gasteiger partial charge in [-0.2, -0.15) is 0 Å². The zero-order valence-corrected chi connectivity index (χ0v) is 12.1. The normalized spacial score (nSPS) is 11.7. The number of rotatable bonds is 7. The Balaban J connectivity index is 1.91. The molecule has 0 bridgehead atoms. The van der Waals surface area contributed by atoms with E-state index >= 15 is 0 Å². The Morgan fingerprint density at radius 2 is 1.95 bits per heavy atom. The summed E-state index contributed by atoms with van der Waals surface area (Å²) in [6.45, 7) is 2.09. The minimum Gasteiger partial charge on any atom is -0.421 e. The van der Waals surface area contributed by atoms with E-state index in [0.29, 0.717) is 24.6 Å². The lowest BCUT2D eigenvalue weighted by Crippen LogP contribution is -2.28. The van der Waals surface area contributed by atoms with Crippen LogP contribution in [-0.2, 0) is 16.4 Å². The van der Waals surface area contributed by atoms with E-state index in [1.165, 1.54) is 0 Å². The first-order valence-electron chi connectivity index (χ1n) is 6.46. The Morgan fingerprint density at radius 3 is 2.65 bits per heavy atom. The third-order valence-electron chi connectivity index (χ3n) is 2.62. The first-order valence-corrected chi connectivity index (χ1v) is 8.11. The zero-order chi connectivity index (χ0) is 14.4. The number of hydrogen-bond acceptors (Lipinski definition) is 5. The molecule has 108 valence electrons. The van der Waals surface area contributed by atoms with E-state index in [0.717, 1.165) is 5.56 Å². The van der Waals surface area contributed by atoms with Crippen molar-refractivity contribution >= 4 is 10.0 Å². The van der Waals surface area contributed by atoms with Gasteiger partial charge in [0.25, 0.3) is 0 Å². The Labute approximate surface area is 118 Å². The Hall–Kier alpha value is -1.73. The van der Waals surface area contributed by atoms with Crippen molar-refractivity contribution in [1.29, 1.82) is 0 Å². The molecule has 1 aromatic heterocycles. The fourth-order valence-corrected chi connectivity index (χ4v) is 2.80. The van der Waals surface area contributed by atoms with Gasteiger partial charge in [0.15, 0.2) is 0 Å². The quantitative estimate of drug-likeness (QED) is 0.838. The lowest BCUT2D eigenvalue weighted by molar-refractivity contribution is 0.502. The van der Waals surface area contributed by atoms with Gasteiger partial charge in [0.2, 0.25) is 21.8 Å². The van der Waals surface area contributed by atoms with Gasteiger partial charge in [0.05, 0.1) is 5.75 Å². The molecule has 20 heavy (non-hydrogen) atoms. The molecule has 0 saturated heterocycles. The van der Waals surface area contributed by atoms with Crippen molar-refractivity contribution in [3.8, 4) is 11.5 Å². The molecule has 2 aromatic rings. The molecule has 6 nitrogen and oxygen atoms in total. The molecular weight excluding hydrogens is 278 g/mol. The fourth-order valence-electron chi connectivity index (χ4n) is 1.71. The van der Waals surface area contributed by atoms with Crippen LogP contribution in [0.25, 0.3) is 11.5 Å². The summed E-state index contributed by atoms with van der Waals surface area (Å²) in [5.74, 6) is 0.992. The van der Waals surface area contributed by atoms with Gasteiger partial charge in [-0.1, -0.05) is 25.1 Å². The fraction of sp³-hybridized carbons (Fsp3) is 0.385. The minimum absolute atomic E-state index is 0.131. The summed E-state index contributed by atoms with van der Waals surface area (Å²) in [4.78, 5) is 0. The second-order valence-electron chi connectivity index (χ2n) is 4.33. The van der Waals surface area contributed by atoms with Gasteiger partial charge < -0.3 is 4.42 Å². The zero-order valence-electron chi connectivity index (χ0n) is 11.2. The second kappa shape index (κ2) is 6.62. The monoisotopic (exact) mass is 295 g/mol. The van der Waals surface area contributed by atoms with Crippen LogP contribution in [0.15, 0.2) is 34.7 Å². The van der Waals surface area contributed by atoms with E-state index in [1.54, 1.807) is 0 Å². The van der Waals surface area contributed by atoms with Crippen LogP contribution in [0.5, 0.6) is 0 Å². The molecule has 7 heteroatoms. The number of nitrogens with zero attached hydrogens (tertiary/aromatic N) is 2. The largest absolute Gasteiger partial charge is 0.421 e. The molecule has 0 aliphatic carbocycles. The van der Waals surface area contributed by atoms with E-state index in [9.17, 15) is 8.42 Å². The van der Waals surface area contributed by atoms with E-state index in [-0.39, 0.29) is 12.3 Å². The van der Waals surface area contributed by atoms with Crippen molar-refractivity contribution in [2.24, 2.45) is 0 Å². The van der Waals surface area contributed by atoms with Gasteiger partial charge in [-0.25, -0.2) is 13.1 Å². The third kappa shape index (κ3) is 4.14. The maximum atomic E-state index is 11.5. The van der Waals surface area contributed by atoms with Crippen molar-refractivity contribution in [3.05, 3.63) is 36.2 Å². The average Bonchev–Trinajstić information content (AvgIpc) is 2.88. The maximum Gasteiger partial charge on any atom is 0.247 e. The molecule has 0 fully saturated rings. The average molecular weight is 295 g/mol. The molecule has 0 aliphatic rings. The third-order valence-corrected chi connectivity index (χ3v) is 4.21. The molecule has 0 saturated carbocycles. The molecule has 0 unspecified atom stereocenters. The number of aromatic nitrogens is 2. The summed E-state index contributed by atoms with van der Waals surface area (Å²) in [5, 5.41) is 7.85. The lowest BCUT2D eigenvalue weighted by Gasteiger charge is -2.02. The highest BCUT2D eigenvalue weighted by atomic mass is 32.2. The molecule has 0 amide bonds. The maximum absolute atomic E-state index is 11.5. The summed E-state index contributed by atoms with van der Waals surface area (Å²) in [6.07, 6.45) is 0.969. The summed E-state index contributed by atoms with van der Waals surface area (Å²) < 4.78 is 30.9. The van der Waals surface area contributed by atoms with Gasteiger partial charge >= 0.3 is 0 Å².